The Morgan fingerprint density at radius 1 is 1.48 bits per heavy atom. The van der Waals surface area contributed by atoms with Crippen LogP contribution >= 0.6 is 11.6 Å². The number of rotatable bonds is 4. The lowest BCUT2D eigenvalue weighted by Gasteiger charge is -2.35. The van der Waals surface area contributed by atoms with Crippen molar-refractivity contribution < 1.29 is 9.59 Å². The van der Waals surface area contributed by atoms with Gasteiger partial charge in [0.05, 0.1) is 17.3 Å². The number of halogens is 1. The Labute approximate surface area is 154 Å². The molecule has 1 N–H and O–H groups in total. The molecule has 2 rings (SSSR count). The lowest BCUT2D eigenvalue weighted by Crippen LogP contribution is -2.47. The topological polar surface area (TPSA) is 67.2 Å². The van der Waals surface area contributed by atoms with E-state index in [2.05, 4.69) is 17.0 Å². The van der Waals surface area contributed by atoms with Gasteiger partial charge in [0, 0.05) is 19.1 Å². The summed E-state index contributed by atoms with van der Waals surface area (Å²) < 4.78 is 1.64. The number of aromatic nitrogens is 2. The number of likely N-dealkylation sites (tertiary alicyclic amines) is 1. The Morgan fingerprint density at radius 2 is 2.16 bits per heavy atom. The van der Waals surface area contributed by atoms with Crippen molar-refractivity contribution in [3.63, 3.8) is 0 Å². The molecule has 0 aliphatic carbocycles. The molecule has 1 aromatic heterocycles. The molecule has 0 aromatic carbocycles. The zero-order valence-corrected chi connectivity index (χ0v) is 16.1. The quantitative estimate of drug-likeness (QED) is 0.833. The van der Waals surface area contributed by atoms with E-state index in [4.69, 9.17) is 11.6 Å². The van der Waals surface area contributed by atoms with Crippen LogP contribution in [0.15, 0.2) is 18.9 Å². The smallest absolute Gasteiger partial charge is 0.256 e. The first kappa shape index (κ1) is 19.5. The first-order chi connectivity index (χ1) is 11.6. The number of hydrogen-bond donors (Lipinski definition) is 1. The molecule has 6 nitrogen and oxygen atoms in total. The fourth-order valence-electron chi connectivity index (χ4n) is 3.10. The number of carbonyl (C=O) groups is 2. The van der Waals surface area contributed by atoms with E-state index in [-0.39, 0.29) is 29.3 Å². The molecular formula is C18H27ClN4O2. The number of amides is 2. The maximum Gasteiger partial charge on any atom is 0.256 e. The number of nitrogens with one attached hydrogen (secondary N) is 1. The zero-order valence-electron chi connectivity index (χ0n) is 15.4. The van der Waals surface area contributed by atoms with Gasteiger partial charge in [-0.15, -0.1) is 0 Å². The summed E-state index contributed by atoms with van der Waals surface area (Å²) in [5.41, 5.74) is 0.0779. The molecule has 2 heterocycles. The van der Waals surface area contributed by atoms with Gasteiger partial charge in [-0.25, -0.2) is 4.68 Å². The second-order valence-corrected chi connectivity index (χ2v) is 7.94. The van der Waals surface area contributed by atoms with Crippen molar-refractivity contribution in [3.8, 4) is 0 Å². The van der Waals surface area contributed by atoms with E-state index >= 15 is 0 Å². The molecule has 7 heteroatoms. The summed E-state index contributed by atoms with van der Waals surface area (Å²) in [6.07, 6.45) is 4.74. The normalized spacial score (nSPS) is 19.4. The Kier molecular flexibility index (Phi) is 5.93. The van der Waals surface area contributed by atoms with Crippen LogP contribution in [0.1, 0.15) is 50.9 Å². The lowest BCUT2D eigenvalue weighted by atomic mass is 9.91. The highest BCUT2D eigenvalue weighted by Crippen LogP contribution is 2.24. The van der Waals surface area contributed by atoms with Crippen molar-refractivity contribution in [1.82, 2.24) is 20.0 Å². The Hall–Kier alpha value is -1.82. The summed E-state index contributed by atoms with van der Waals surface area (Å²) in [4.78, 5) is 26.2. The van der Waals surface area contributed by atoms with Crippen molar-refractivity contribution in [2.24, 2.45) is 5.92 Å². The van der Waals surface area contributed by atoms with Crippen molar-refractivity contribution >= 4 is 23.4 Å². The van der Waals surface area contributed by atoms with E-state index in [1.165, 1.54) is 12.3 Å². The van der Waals surface area contributed by atoms with Gasteiger partial charge in [-0.3, -0.25) is 9.59 Å². The molecule has 1 aliphatic heterocycles. The Morgan fingerprint density at radius 3 is 2.72 bits per heavy atom. The SMILES string of the molecule is C=CC(=O)N1CCCC(C(C)NC(=O)c2cnn(C(C)(C)C)c2Cl)C1. The fourth-order valence-corrected chi connectivity index (χ4v) is 3.54. The summed E-state index contributed by atoms with van der Waals surface area (Å²) in [6, 6.07) is -0.0676. The molecule has 1 fully saturated rings. The minimum Gasteiger partial charge on any atom is -0.349 e. The molecule has 0 saturated carbocycles. The molecular weight excluding hydrogens is 340 g/mol. The minimum atomic E-state index is -0.295. The Bertz CT molecular complexity index is 663. The Balaban J connectivity index is 2.04. The molecule has 2 amide bonds. The highest BCUT2D eigenvalue weighted by atomic mass is 35.5. The summed E-state index contributed by atoms with van der Waals surface area (Å²) in [5.74, 6) is -0.0871. The van der Waals surface area contributed by atoms with Crippen molar-refractivity contribution in [3.05, 3.63) is 29.6 Å². The summed E-state index contributed by atoms with van der Waals surface area (Å²) >= 11 is 6.33. The maximum absolute atomic E-state index is 12.6. The standard InChI is InChI=1S/C18H27ClN4O2/c1-6-15(24)22-9-7-8-13(11-22)12(2)21-17(25)14-10-20-23(16(14)19)18(3,4)5/h6,10,12-13H,1,7-9,11H2,2-5H3,(H,21,25). The third-order valence-electron chi connectivity index (χ3n) is 4.60. The molecule has 0 radical (unpaired) electrons. The van der Waals surface area contributed by atoms with Gasteiger partial charge in [0.25, 0.3) is 5.91 Å². The average molecular weight is 367 g/mol. The number of piperidine rings is 1. The minimum absolute atomic E-state index is 0.0577. The van der Waals surface area contributed by atoms with Gasteiger partial charge in [-0.1, -0.05) is 18.2 Å². The molecule has 1 saturated heterocycles. The molecule has 1 aromatic rings. The first-order valence-corrected chi connectivity index (χ1v) is 8.99. The second kappa shape index (κ2) is 7.60. The highest BCUT2D eigenvalue weighted by Gasteiger charge is 2.29. The number of nitrogens with zero attached hydrogens (tertiary/aromatic N) is 3. The molecule has 0 spiro atoms. The number of hydrogen-bond acceptors (Lipinski definition) is 3. The van der Waals surface area contributed by atoms with Gasteiger partial charge in [-0.2, -0.15) is 5.10 Å². The summed E-state index contributed by atoms with van der Waals surface area (Å²) in [5, 5.41) is 7.58. The fraction of sp³-hybridized carbons (Fsp3) is 0.611. The summed E-state index contributed by atoms with van der Waals surface area (Å²) in [7, 11) is 0. The predicted molar refractivity (Wildman–Crippen MR) is 98.7 cm³/mol. The molecule has 2 unspecified atom stereocenters. The highest BCUT2D eigenvalue weighted by molar-refractivity contribution is 6.32. The van der Waals surface area contributed by atoms with Gasteiger partial charge >= 0.3 is 0 Å². The number of carbonyl (C=O) groups excluding carboxylic acids is 2. The van der Waals surface area contributed by atoms with E-state index in [1.807, 2.05) is 27.7 Å². The van der Waals surface area contributed by atoms with Gasteiger partial charge in [0.15, 0.2) is 0 Å². The van der Waals surface area contributed by atoms with E-state index in [9.17, 15) is 9.59 Å². The van der Waals surface area contributed by atoms with Gasteiger partial charge in [-0.05, 0) is 52.5 Å². The zero-order chi connectivity index (χ0) is 18.8. The van der Waals surface area contributed by atoms with Crippen LogP contribution in [0.5, 0.6) is 0 Å². The van der Waals surface area contributed by atoms with Gasteiger partial charge in [0.2, 0.25) is 5.91 Å². The molecule has 2 atom stereocenters. The first-order valence-electron chi connectivity index (χ1n) is 8.61. The molecule has 0 bridgehead atoms. The van der Waals surface area contributed by atoms with Crippen LogP contribution < -0.4 is 5.32 Å². The van der Waals surface area contributed by atoms with E-state index in [0.717, 1.165) is 19.4 Å². The van der Waals surface area contributed by atoms with E-state index in [1.54, 1.807) is 9.58 Å². The third kappa shape index (κ3) is 4.42. The van der Waals surface area contributed by atoms with Crippen LogP contribution in [0.3, 0.4) is 0 Å². The lowest BCUT2D eigenvalue weighted by molar-refractivity contribution is -0.127. The summed E-state index contributed by atoms with van der Waals surface area (Å²) in [6.45, 7) is 12.8. The second-order valence-electron chi connectivity index (χ2n) is 7.58. The van der Waals surface area contributed by atoms with Crippen LogP contribution in [-0.4, -0.2) is 45.6 Å². The maximum atomic E-state index is 12.6. The third-order valence-corrected chi connectivity index (χ3v) is 4.96. The molecule has 25 heavy (non-hydrogen) atoms. The van der Waals surface area contributed by atoms with Gasteiger partial charge in [0.1, 0.15) is 5.15 Å². The predicted octanol–water partition coefficient (Wildman–Crippen LogP) is 2.83. The molecule has 1 aliphatic rings. The van der Waals surface area contributed by atoms with Crippen molar-refractivity contribution in [1.29, 1.82) is 0 Å². The van der Waals surface area contributed by atoms with Crippen LogP contribution in [0.25, 0.3) is 0 Å². The van der Waals surface area contributed by atoms with Gasteiger partial charge < -0.3 is 10.2 Å². The van der Waals surface area contributed by atoms with Crippen molar-refractivity contribution in [2.75, 3.05) is 13.1 Å². The van der Waals surface area contributed by atoms with Crippen LogP contribution in [0.2, 0.25) is 5.15 Å². The molecule has 138 valence electrons. The van der Waals surface area contributed by atoms with Crippen LogP contribution in [0, 0.1) is 5.92 Å². The van der Waals surface area contributed by atoms with Crippen LogP contribution in [0.4, 0.5) is 0 Å². The van der Waals surface area contributed by atoms with E-state index in [0.29, 0.717) is 17.3 Å². The monoisotopic (exact) mass is 366 g/mol. The largest absolute Gasteiger partial charge is 0.349 e. The van der Waals surface area contributed by atoms with Crippen LogP contribution in [-0.2, 0) is 10.3 Å². The average Bonchev–Trinajstić information content (AvgIpc) is 2.96. The van der Waals surface area contributed by atoms with Crippen molar-refractivity contribution in [2.45, 2.75) is 52.1 Å². The van der Waals surface area contributed by atoms with E-state index < -0.39 is 0 Å².